The highest BCUT2D eigenvalue weighted by Gasteiger charge is 2.17. The fourth-order valence-corrected chi connectivity index (χ4v) is 2.13. The van der Waals surface area contributed by atoms with Crippen LogP contribution in [0.3, 0.4) is 0 Å². The van der Waals surface area contributed by atoms with Gasteiger partial charge >= 0.3 is 0 Å². The summed E-state index contributed by atoms with van der Waals surface area (Å²) in [5.41, 5.74) is 1.34. The van der Waals surface area contributed by atoms with Gasteiger partial charge in [0.2, 0.25) is 6.79 Å². The number of carbonyl (C=O) groups excluding carboxylic acids is 1. The normalized spacial score (nSPS) is 12.2. The fraction of sp³-hybridized carbons (Fsp3) is 0.143. The molecule has 3 rings (SSSR count). The quantitative estimate of drug-likeness (QED) is 0.882. The van der Waals surface area contributed by atoms with Crippen molar-refractivity contribution in [3.8, 4) is 11.5 Å². The van der Waals surface area contributed by atoms with Crippen molar-refractivity contribution in [3.05, 3.63) is 52.8 Å². The van der Waals surface area contributed by atoms with E-state index in [4.69, 9.17) is 21.1 Å². The van der Waals surface area contributed by atoms with Crippen molar-refractivity contribution in [3.63, 3.8) is 0 Å². The summed E-state index contributed by atoms with van der Waals surface area (Å²) in [5, 5.41) is 3.10. The first kappa shape index (κ1) is 12.7. The number of halogens is 1. The van der Waals surface area contributed by atoms with E-state index in [-0.39, 0.29) is 17.9 Å². The molecule has 2 aromatic rings. The fourth-order valence-electron chi connectivity index (χ4n) is 1.95. The van der Waals surface area contributed by atoms with Gasteiger partial charge in [0.15, 0.2) is 11.5 Å². The molecule has 102 valence electrons. The van der Waals surface area contributed by atoms with E-state index in [0.29, 0.717) is 23.6 Å². The Morgan fingerprint density at radius 3 is 3.10 bits per heavy atom. The number of pyridine rings is 1. The van der Waals surface area contributed by atoms with E-state index in [0.717, 1.165) is 5.56 Å². The maximum absolute atomic E-state index is 12.0. The van der Waals surface area contributed by atoms with Gasteiger partial charge < -0.3 is 14.8 Å². The molecule has 20 heavy (non-hydrogen) atoms. The predicted octanol–water partition coefficient (Wildman–Crippen LogP) is 2.39. The average molecular weight is 291 g/mol. The second-order valence-electron chi connectivity index (χ2n) is 4.20. The highest BCUT2D eigenvalue weighted by atomic mass is 35.5. The number of nitrogens with zero attached hydrogens (tertiary/aromatic N) is 1. The zero-order valence-corrected chi connectivity index (χ0v) is 11.2. The molecule has 0 radical (unpaired) electrons. The van der Waals surface area contributed by atoms with Crippen LogP contribution in [-0.4, -0.2) is 17.7 Å². The number of hydrogen-bond acceptors (Lipinski definition) is 4. The highest BCUT2D eigenvalue weighted by Crippen LogP contribution is 2.35. The molecule has 1 aromatic heterocycles. The van der Waals surface area contributed by atoms with Crippen LogP contribution in [0.4, 0.5) is 0 Å². The first-order chi connectivity index (χ1) is 9.74. The van der Waals surface area contributed by atoms with Gasteiger partial charge in [-0.15, -0.1) is 0 Å². The van der Waals surface area contributed by atoms with E-state index in [9.17, 15) is 4.79 Å². The van der Waals surface area contributed by atoms with E-state index in [1.54, 1.807) is 6.07 Å². The van der Waals surface area contributed by atoms with Gasteiger partial charge in [-0.1, -0.05) is 23.7 Å². The van der Waals surface area contributed by atoms with Gasteiger partial charge in [0.25, 0.3) is 5.91 Å². The molecule has 0 fully saturated rings. The lowest BCUT2D eigenvalue weighted by atomic mass is 10.1. The summed E-state index contributed by atoms with van der Waals surface area (Å²) >= 11 is 5.76. The first-order valence-corrected chi connectivity index (χ1v) is 6.39. The Morgan fingerprint density at radius 1 is 1.35 bits per heavy atom. The molecule has 0 bridgehead atoms. The third-order valence-electron chi connectivity index (χ3n) is 2.91. The van der Waals surface area contributed by atoms with E-state index < -0.39 is 0 Å². The molecule has 6 heteroatoms. The van der Waals surface area contributed by atoms with Crippen LogP contribution in [0.2, 0.25) is 5.15 Å². The Balaban J connectivity index is 1.71. The largest absolute Gasteiger partial charge is 0.454 e. The molecule has 0 aliphatic carbocycles. The lowest BCUT2D eigenvalue weighted by molar-refractivity contribution is 0.0950. The van der Waals surface area contributed by atoms with Crippen molar-refractivity contribution in [2.45, 2.75) is 6.54 Å². The summed E-state index contributed by atoms with van der Waals surface area (Å²) in [6.07, 6.45) is 1.49. The lowest BCUT2D eigenvalue weighted by Crippen LogP contribution is -2.23. The maximum Gasteiger partial charge on any atom is 0.251 e. The number of amides is 1. The monoisotopic (exact) mass is 290 g/mol. The minimum absolute atomic E-state index is 0.209. The van der Waals surface area contributed by atoms with Crippen LogP contribution >= 0.6 is 11.6 Å². The molecule has 0 unspecified atom stereocenters. The predicted molar refractivity (Wildman–Crippen MR) is 73.0 cm³/mol. The number of aromatic nitrogens is 1. The Morgan fingerprint density at radius 2 is 2.25 bits per heavy atom. The summed E-state index contributed by atoms with van der Waals surface area (Å²) in [5.74, 6) is 1.16. The van der Waals surface area contributed by atoms with Crippen LogP contribution in [0.25, 0.3) is 0 Å². The Bertz CT molecular complexity index is 661. The van der Waals surface area contributed by atoms with Crippen molar-refractivity contribution in [2.75, 3.05) is 6.79 Å². The SMILES string of the molecule is O=C(NCc1cccc2c1OCO2)c1ccnc(Cl)c1. The van der Waals surface area contributed by atoms with E-state index >= 15 is 0 Å². The number of para-hydroxylation sites is 1. The molecule has 1 aromatic carbocycles. The molecule has 0 spiro atoms. The lowest BCUT2D eigenvalue weighted by Gasteiger charge is -2.08. The van der Waals surface area contributed by atoms with Crippen LogP contribution in [0.5, 0.6) is 11.5 Å². The third-order valence-corrected chi connectivity index (χ3v) is 3.11. The van der Waals surface area contributed by atoms with Gasteiger partial charge in [-0.3, -0.25) is 4.79 Å². The number of benzene rings is 1. The van der Waals surface area contributed by atoms with Crippen molar-refractivity contribution >= 4 is 17.5 Å². The molecule has 1 N–H and O–H groups in total. The van der Waals surface area contributed by atoms with Gasteiger partial charge in [0.1, 0.15) is 5.15 Å². The average Bonchev–Trinajstić information content (AvgIpc) is 2.93. The number of rotatable bonds is 3. The second kappa shape index (κ2) is 5.38. The molecule has 5 nitrogen and oxygen atoms in total. The first-order valence-electron chi connectivity index (χ1n) is 6.01. The number of nitrogens with one attached hydrogen (secondary N) is 1. The van der Waals surface area contributed by atoms with Gasteiger partial charge in [0, 0.05) is 23.9 Å². The standard InChI is InChI=1S/C14H11ClN2O3/c15-12-6-9(4-5-16-12)14(18)17-7-10-2-1-3-11-13(10)20-8-19-11/h1-6H,7-8H2,(H,17,18). The van der Waals surface area contributed by atoms with E-state index in [1.165, 1.54) is 12.3 Å². The van der Waals surface area contributed by atoms with Crippen LogP contribution in [0.15, 0.2) is 36.5 Å². The van der Waals surface area contributed by atoms with E-state index in [1.807, 2.05) is 18.2 Å². The number of fused-ring (bicyclic) bond motifs is 1. The zero-order valence-electron chi connectivity index (χ0n) is 10.4. The van der Waals surface area contributed by atoms with Crippen molar-refractivity contribution in [1.29, 1.82) is 0 Å². The molecule has 2 heterocycles. The summed E-state index contributed by atoms with van der Waals surface area (Å²) in [6.45, 7) is 0.561. The summed E-state index contributed by atoms with van der Waals surface area (Å²) in [4.78, 5) is 15.8. The molecule has 1 amide bonds. The minimum atomic E-state index is -0.217. The zero-order chi connectivity index (χ0) is 13.9. The Hall–Kier alpha value is -2.27. The third kappa shape index (κ3) is 2.53. The number of carbonyl (C=O) groups is 1. The van der Waals surface area contributed by atoms with E-state index in [2.05, 4.69) is 10.3 Å². The van der Waals surface area contributed by atoms with Gasteiger partial charge in [-0.2, -0.15) is 0 Å². The maximum atomic E-state index is 12.0. The van der Waals surface area contributed by atoms with Crippen molar-refractivity contribution in [2.24, 2.45) is 0 Å². The second-order valence-corrected chi connectivity index (χ2v) is 4.59. The van der Waals surface area contributed by atoms with Crippen molar-refractivity contribution < 1.29 is 14.3 Å². The van der Waals surface area contributed by atoms with Gasteiger partial charge in [0.05, 0.1) is 0 Å². The number of hydrogen-bond donors (Lipinski definition) is 1. The Kier molecular flexibility index (Phi) is 3.43. The number of ether oxygens (including phenoxy) is 2. The van der Waals surface area contributed by atoms with Crippen molar-refractivity contribution in [1.82, 2.24) is 10.3 Å². The molecule has 1 aliphatic heterocycles. The molecular formula is C14H11ClN2O3. The van der Waals surface area contributed by atoms with Crippen LogP contribution < -0.4 is 14.8 Å². The summed E-state index contributed by atoms with van der Waals surface area (Å²) in [6, 6.07) is 8.70. The molecule has 0 saturated carbocycles. The van der Waals surface area contributed by atoms with Gasteiger partial charge in [-0.05, 0) is 18.2 Å². The topological polar surface area (TPSA) is 60.5 Å². The Labute approximate surface area is 120 Å². The van der Waals surface area contributed by atoms with Crippen LogP contribution in [0.1, 0.15) is 15.9 Å². The summed E-state index contributed by atoms with van der Waals surface area (Å²) < 4.78 is 10.7. The van der Waals surface area contributed by atoms with Crippen LogP contribution in [-0.2, 0) is 6.54 Å². The highest BCUT2D eigenvalue weighted by molar-refractivity contribution is 6.29. The minimum Gasteiger partial charge on any atom is -0.454 e. The molecular weight excluding hydrogens is 280 g/mol. The summed E-state index contributed by atoms with van der Waals surface area (Å²) in [7, 11) is 0. The molecule has 1 aliphatic rings. The molecule has 0 atom stereocenters. The smallest absolute Gasteiger partial charge is 0.251 e. The molecule has 0 saturated heterocycles. The van der Waals surface area contributed by atoms with Crippen LogP contribution in [0, 0.1) is 0 Å². The van der Waals surface area contributed by atoms with Gasteiger partial charge in [-0.25, -0.2) is 4.98 Å².